The molecule has 0 spiro atoms. The Morgan fingerprint density at radius 2 is 1.84 bits per heavy atom. The first-order valence-corrected chi connectivity index (χ1v) is 11.3. The van der Waals surface area contributed by atoms with Gasteiger partial charge in [-0.1, -0.05) is 6.07 Å². The molecular weight excluding hydrogens is 414 g/mol. The smallest absolute Gasteiger partial charge is 0.172 e. The van der Waals surface area contributed by atoms with E-state index in [4.69, 9.17) is 0 Å². The topological polar surface area (TPSA) is 25.2 Å². The van der Waals surface area contributed by atoms with Crippen LogP contribution in [0.1, 0.15) is 33.8 Å². The summed E-state index contributed by atoms with van der Waals surface area (Å²) in [6, 6.07) is 15.1. The predicted molar refractivity (Wildman–Crippen MR) is 120 cm³/mol. The van der Waals surface area contributed by atoms with E-state index in [-0.39, 0.29) is 17.4 Å². The maximum absolute atomic E-state index is 14.1. The Kier molecular flexibility index (Phi) is 5.42. The van der Waals surface area contributed by atoms with Gasteiger partial charge in [0.25, 0.3) is 0 Å². The minimum Gasteiger partial charge on any atom is -0.313 e. The van der Waals surface area contributed by atoms with Gasteiger partial charge >= 0.3 is 0 Å². The number of hydrogen-bond donors (Lipinski definition) is 0. The van der Waals surface area contributed by atoms with E-state index in [0.29, 0.717) is 6.42 Å². The SMILES string of the molecule is O=C(CCCN1CCc2c(c3cc(F)ccc3n2-c2ccc(F)cc2)C1)c1cccs1. The van der Waals surface area contributed by atoms with Gasteiger partial charge in [-0.2, -0.15) is 0 Å². The van der Waals surface area contributed by atoms with Crippen LogP contribution >= 0.6 is 11.3 Å². The molecule has 0 atom stereocenters. The molecule has 31 heavy (non-hydrogen) atoms. The standard InChI is InChI=1S/C25H22F2N2OS/c26-17-5-8-19(9-6-17)29-22-10-7-18(27)15-20(22)21-16-28(13-11-23(21)29)12-1-3-24(30)25-4-2-14-31-25/h2,4-10,14-15H,1,3,11-13,16H2. The molecule has 158 valence electrons. The van der Waals surface area contributed by atoms with Crippen molar-refractivity contribution in [1.29, 1.82) is 0 Å². The lowest BCUT2D eigenvalue weighted by Crippen LogP contribution is -2.32. The highest BCUT2D eigenvalue weighted by Gasteiger charge is 2.25. The Morgan fingerprint density at radius 1 is 1.03 bits per heavy atom. The molecule has 0 bridgehead atoms. The van der Waals surface area contributed by atoms with Crippen molar-refractivity contribution in [2.75, 3.05) is 13.1 Å². The number of Topliss-reactive ketones (excluding diaryl/α,β-unsaturated/α-hetero) is 1. The minimum absolute atomic E-state index is 0.197. The van der Waals surface area contributed by atoms with Gasteiger partial charge in [0.2, 0.25) is 0 Å². The molecule has 2 aromatic heterocycles. The fourth-order valence-electron chi connectivity index (χ4n) is 4.49. The number of benzene rings is 2. The number of thiophene rings is 1. The van der Waals surface area contributed by atoms with Crippen molar-refractivity contribution in [2.45, 2.75) is 25.8 Å². The minimum atomic E-state index is -0.275. The van der Waals surface area contributed by atoms with Gasteiger partial charge in [0.05, 0.1) is 10.4 Å². The summed E-state index contributed by atoms with van der Waals surface area (Å²) in [5, 5.41) is 2.83. The van der Waals surface area contributed by atoms with Crippen molar-refractivity contribution in [3.8, 4) is 5.69 Å². The fourth-order valence-corrected chi connectivity index (χ4v) is 5.18. The van der Waals surface area contributed by atoms with Crippen molar-refractivity contribution in [3.63, 3.8) is 0 Å². The second-order valence-corrected chi connectivity index (χ2v) is 8.88. The molecule has 0 saturated heterocycles. The monoisotopic (exact) mass is 436 g/mol. The number of hydrogen-bond acceptors (Lipinski definition) is 3. The van der Waals surface area contributed by atoms with Crippen LogP contribution in [-0.4, -0.2) is 28.3 Å². The summed E-state index contributed by atoms with van der Waals surface area (Å²) in [5.74, 6) is -0.337. The maximum Gasteiger partial charge on any atom is 0.172 e. The molecule has 3 heterocycles. The zero-order chi connectivity index (χ0) is 21.4. The summed E-state index contributed by atoms with van der Waals surface area (Å²) in [5.41, 5.74) is 4.09. The zero-order valence-electron chi connectivity index (χ0n) is 17.0. The molecule has 0 fully saturated rings. The number of halogens is 2. The fraction of sp³-hybridized carbons (Fsp3) is 0.240. The first-order chi connectivity index (χ1) is 15.1. The van der Waals surface area contributed by atoms with Crippen LogP contribution in [-0.2, 0) is 13.0 Å². The lowest BCUT2D eigenvalue weighted by molar-refractivity contribution is 0.0977. The summed E-state index contributed by atoms with van der Waals surface area (Å²) < 4.78 is 29.7. The van der Waals surface area contributed by atoms with Crippen LogP contribution in [0.15, 0.2) is 60.0 Å². The maximum atomic E-state index is 14.1. The second kappa shape index (κ2) is 8.36. The Balaban J connectivity index is 1.40. The van der Waals surface area contributed by atoms with Gasteiger partial charge in [0.1, 0.15) is 11.6 Å². The molecule has 1 aliphatic rings. The van der Waals surface area contributed by atoms with Gasteiger partial charge in [-0.3, -0.25) is 9.69 Å². The third kappa shape index (κ3) is 3.93. The van der Waals surface area contributed by atoms with Crippen LogP contribution < -0.4 is 0 Å². The summed E-state index contributed by atoms with van der Waals surface area (Å²) >= 11 is 1.49. The number of aromatic nitrogens is 1. The number of fused-ring (bicyclic) bond motifs is 3. The van der Waals surface area contributed by atoms with E-state index in [1.54, 1.807) is 24.3 Å². The van der Waals surface area contributed by atoms with Crippen molar-refractivity contribution in [3.05, 3.63) is 87.7 Å². The van der Waals surface area contributed by atoms with Gasteiger partial charge in [-0.15, -0.1) is 11.3 Å². The highest BCUT2D eigenvalue weighted by atomic mass is 32.1. The third-order valence-electron chi connectivity index (χ3n) is 5.95. The first-order valence-electron chi connectivity index (χ1n) is 10.5. The van der Waals surface area contributed by atoms with Gasteiger partial charge in [-0.05, 0) is 72.4 Å². The number of carbonyl (C=O) groups is 1. The summed E-state index contributed by atoms with van der Waals surface area (Å²) in [6.45, 7) is 2.42. The summed E-state index contributed by atoms with van der Waals surface area (Å²) in [7, 11) is 0. The van der Waals surface area contributed by atoms with Crippen LogP contribution in [0.2, 0.25) is 0 Å². The molecule has 0 amide bonds. The number of rotatable bonds is 6. The van der Waals surface area contributed by atoms with Crippen molar-refractivity contribution >= 4 is 28.0 Å². The van der Waals surface area contributed by atoms with Gasteiger partial charge in [-0.25, -0.2) is 8.78 Å². The summed E-state index contributed by atoms with van der Waals surface area (Å²) in [6.07, 6.45) is 2.16. The Hall–Kier alpha value is -2.83. The van der Waals surface area contributed by atoms with Gasteiger partial charge in [0, 0.05) is 42.7 Å². The molecule has 5 rings (SSSR count). The number of carbonyl (C=O) groups excluding carboxylic acids is 1. The first kappa shape index (κ1) is 20.1. The van der Waals surface area contributed by atoms with Crippen molar-refractivity contribution in [1.82, 2.24) is 9.47 Å². The lowest BCUT2D eigenvalue weighted by Gasteiger charge is -2.28. The molecule has 0 N–H and O–H groups in total. The molecule has 4 aromatic rings. The van der Waals surface area contributed by atoms with Crippen LogP contribution in [0, 0.1) is 11.6 Å². The highest BCUT2D eigenvalue weighted by Crippen LogP contribution is 2.34. The lowest BCUT2D eigenvalue weighted by atomic mass is 10.0. The molecule has 0 saturated carbocycles. The van der Waals surface area contributed by atoms with E-state index in [2.05, 4.69) is 9.47 Å². The third-order valence-corrected chi connectivity index (χ3v) is 6.86. The molecular formula is C25H22F2N2OS. The molecule has 6 heteroatoms. The molecule has 2 aromatic carbocycles. The van der Waals surface area contributed by atoms with E-state index < -0.39 is 0 Å². The van der Waals surface area contributed by atoms with Crippen LogP contribution in [0.5, 0.6) is 0 Å². The second-order valence-electron chi connectivity index (χ2n) is 7.93. The highest BCUT2D eigenvalue weighted by molar-refractivity contribution is 7.12. The molecule has 0 unspecified atom stereocenters. The van der Waals surface area contributed by atoms with E-state index in [1.807, 2.05) is 17.5 Å². The molecule has 1 aliphatic heterocycles. The molecule has 0 radical (unpaired) electrons. The molecule has 3 nitrogen and oxygen atoms in total. The number of ketones is 1. The van der Waals surface area contributed by atoms with Crippen LogP contribution in [0.4, 0.5) is 8.78 Å². The van der Waals surface area contributed by atoms with Crippen LogP contribution in [0.25, 0.3) is 16.6 Å². The summed E-state index contributed by atoms with van der Waals surface area (Å²) in [4.78, 5) is 15.4. The average molecular weight is 437 g/mol. The van der Waals surface area contributed by atoms with Crippen molar-refractivity contribution < 1.29 is 13.6 Å². The molecule has 0 aliphatic carbocycles. The predicted octanol–water partition coefficient (Wildman–Crippen LogP) is 5.99. The van der Waals surface area contributed by atoms with E-state index in [0.717, 1.165) is 65.2 Å². The Bertz CT molecular complexity index is 1230. The Labute approximate surface area is 183 Å². The quantitative estimate of drug-likeness (QED) is 0.347. The number of nitrogens with zero attached hydrogens (tertiary/aromatic N) is 2. The Morgan fingerprint density at radius 3 is 2.61 bits per heavy atom. The normalized spacial score (nSPS) is 14.1. The van der Waals surface area contributed by atoms with E-state index in [1.165, 1.54) is 29.5 Å². The van der Waals surface area contributed by atoms with Crippen LogP contribution in [0.3, 0.4) is 0 Å². The zero-order valence-corrected chi connectivity index (χ0v) is 17.8. The average Bonchev–Trinajstić information content (AvgIpc) is 3.41. The van der Waals surface area contributed by atoms with Gasteiger partial charge in [0.15, 0.2) is 5.78 Å². The van der Waals surface area contributed by atoms with E-state index >= 15 is 0 Å². The largest absolute Gasteiger partial charge is 0.313 e. The van der Waals surface area contributed by atoms with Crippen molar-refractivity contribution in [2.24, 2.45) is 0 Å². The van der Waals surface area contributed by atoms with Gasteiger partial charge < -0.3 is 4.57 Å². The van der Waals surface area contributed by atoms with E-state index in [9.17, 15) is 13.6 Å².